The molecule has 1 aromatic carbocycles. The normalized spacial score (nSPS) is 15.0. The van der Waals surface area contributed by atoms with Gasteiger partial charge in [-0.05, 0) is 25.0 Å². The first kappa shape index (κ1) is 16.7. The first-order valence-electron chi connectivity index (χ1n) is 7.45. The highest BCUT2D eigenvalue weighted by Gasteiger charge is 2.27. The molecule has 7 heteroatoms. The predicted molar refractivity (Wildman–Crippen MR) is 84.9 cm³/mol. The summed E-state index contributed by atoms with van der Waals surface area (Å²) in [5.41, 5.74) is 0.379. The molecule has 0 spiro atoms. The van der Waals surface area contributed by atoms with Gasteiger partial charge in [0.2, 0.25) is 5.91 Å². The average molecular weight is 317 g/mol. The summed E-state index contributed by atoms with van der Waals surface area (Å²) in [6, 6.07) is 5.57. The molecule has 0 aliphatic carbocycles. The van der Waals surface area contributed by atoms with Crippen LogP contribution in [-0.4, -0.2) is 41.3 Å². The van der Waals surface area contributed by atoms with Gasteiger partial charge in [-0.1, -0.05) is 6.08 Å². The van der Waals surface area contributed by atoms with E-state index in [0.717, 1.165) is 0 Å². The number of piperidine rings is 1. The van der Waals surface area contributed by atoms with Crippen molar-refractivity contribution in [2.24, 2.45) is 5.92 Å². The van der Waals surface area contributed by atoms with Gasteiger partial charge in [0.05, 0.1) is 4.92 Å². The van der Waals surface area contributed by atoms with Gasteiger partial charge in [-0.2, -0.15) is 0 Å². The average Bonchev–Trinajstić information content (AvgIpc) is 2.59. The molecule has 0 aromatic heterocycles. The van der Waals surface area contributed by atoms with E-state index in [4.69, 9.17) is 0 Å². The van der Waals surface area contributed by atoms with Crippen LogP contribution in [0.2, 0.25) is 0 Å². The molecule has 1 N–H and O–H groups in total. The number of carbonyl (C=O) groups is 2. The predicted octanol–water partition coefficient (Wildman–Crippen LogP) is 1.75. The van der Waals surface area contributed by atoms with Crippen LogP contribution in [-0.2, 0) is 4.79 Å². The zero-order valence-corrected chi connectivity index (χ0v) is 12.7. The number of non-ortho nitro benzene ring substituents is 1. The highest BCUT2D eigenvalue weighted by molar-refractivity contribution is 5.94. The maximum absolute atomic E-state index is 12.4. The zero-order valence-electron chi connectivity index (χ0n) is 12.7. The Balaban J connectivity index is 1.91. The van der Waals surface area contributed by atoms with E-state index in [9.17, 15) is 19.7 Å². The van der Waals surface area contributed by atoms with E-state index in [0.29, 0.717) is 38.0 Å². The minimum Gasteiger partial charge on any atom is -0.352 e. The van der Waals surface area contributed by atoms with E-state index in [1.165, 1.54) is 24.3 Å². The maximum Gasteiger partial charge on any atom is 0.269 e. The fourth-order valence-corrected chi connectivity index (χ4v) is 2.57. The second kappa shape index (κ2) is 7.53. The van der Waals surface area contributed by atoms with E-state index >= 15 is 0 Å². The SMILES string of the molecule is C=CCNC(=O)C1CCN(C(=O)c2ccc([N+](=O)[O-])cc2)CC1. The smallest absolute Gasteiger partial charge is 0.269 e. The number of nitrogens with zero attached hydrogens (tertiary/aromatic N) is 2. The van der Waals surface area contributed by atoms with E-state index in [-0.39, 0.29) is 23.4 Å². The van der Waals surface area contributed by atoms with Crippen molar-refractivity contribution in [2.45, 2.75) is 12.8 Å². The van der Waals surface area contributed by atoms with Gasteiger partial charge in [0.15, 0.2) is 0 Å². The molecule has 0 unspecified atom stereocenters. The summed E-state index contributed by atoms with van der Waals surface area (Å²) >= 11 is 0. The van der Waals surface area contributed by atoms with Crippen molar-refractivity contribution in [3.8, 4) is 0 Å². The Morgan fingerprint density at radius 1 is 1.30 bits per heavy atom. The van der Waals surface area contributed by atoms with Crippen molar-refractivity contribution in [3.05, 3.63) is 52.6 Å². The van der Waals surface area contributed by atoms with Gasteiger partial charge < -0.3 is 10.2 Å². The number of nitrogens with one attached hydrogen (secondary N) is 1. The Hall–Kier alpha value is -2.70. The monoisotopic (exact) mass is 317 g/mol. The topological polar surface area (TPSA) is 92.6 Å². The lowest BCUT2D eigenvalue weighted by Crippen LogP contribution is -2.43. The Morgan fingerprint density at radius 3 is 2.43 bits per heavy atom. The summed E-state index contributed by atoms with van der Waals surface area (Å²) in [4.78, 5) is 36.1. The summed E-state index contributed by atoms with van der Waals surface area (Å²) < 4.78 is 0. The number of hydrogen-bond donors (Lipinski definition) is 1. The molecule has 7 nitrogen and oxygen atoms in total. The molecule has 1 fully saturated rings. The van der Waals surface area contributed by atoms with Gasteiger partial charge in [0.1, 0.15) is 0 Å². The van der Waals surface area contributed by atoms with Crippen LogP contribution in [0.25, 0.3) is 0 Å². The molecule has 2 rings (SSSR count). The second-order valence-electron chi connectivity index (χ2n) is 5.40. The second-order valence-corrected chi connectivity index (χ2v) is 5.40. The minimum absolute atomic E-state index is 0.00710. The number of rotatable bonds is 5. The molecule has 1 heterocycles. The molecule has 0 bridgehead atoms. The fraction of sp³-hybridized carbons (Fsp3) is 0.375. The molecule has 2 amide bonds. The van der Waals surface area contributed by atoms with Gasteiger partial charge in [0, 0.05) is 43.2 Å². The third-order valence-corrected chi connectivity index (χ3v) is 3.90. The molecule has 23 heavy (non-hydrogen) atoms. The van der Waals surface area contributed by atoms with E-state index < -0.39 is 4.92 Å². The molecule has 1 aliphatic heterocycles. The van der Waals surface area contributed by atoms with Crippen molar-refractivity contribution >= 4 is 17.5 Å². The highest BCUT2D eigenvalue weighted by Crippen LogP contribution is 2.20. The quantitative estimate of drug-likeness (QED) is 0.508. The van der Waals surface area contributed by atoms with Crippen molar-refractivity contribution < 1.29 is 14.5 Å². The van der Waals surface area contributed by atoms with Crippen LogP contribution in [0.4, 0.5) is 5.69 Å². The van der Waals surface area contributed by atoms with Gasteiger partial charge in [-0.15, -0.1) is 6.58 Å². The highest BCUT2D eigenvalue weighted by atomic mass is 16.6. The van der Waals surface area contributed by atoms with Crippen molar-refractivity contribution in [3.63, 3.8) is 0 Å². The number of benzene rings is 1. The number of nitro groups is 1. The lowest BCUT2D eigenvalue weighted by Gasteiger charge is -2.31. The Kier molecular flexibility index (Phi) is 5.46. The van der Waals surface area contributed by atoms with Crippen LogP contribution in [0, 0.1) is 16.0 Å². The van der Waals surface area contributed by atoms with Crippen molar-refractivity contribution in [1.29, 1.82) is 0 Å². The molecule has 1 saturated heterocycles. The van der Waals surface area contributed by atoms with Crippen LogP contribution >= 0.6 is 0 Å². The van der Waals surface area contributed by atoms with Crippen LogP contribution in [0.15, 0.2) is 36.9 Å². The first-order chi connectivity index (χ1) is 11.0. The Morgan fingerprint density at radius 2 is 1.91 bits per heavy atom. The van der Waals surface area contributed by atoms with E-state index in [1.807, 2.05) is 0 Å². The molecule has 1 aliphatic rings. The van der Waals surface area contributed by atoms with Crippen molar-refractivity contribution in [2.75, 3.05) is 19.6 Å². The first-order valence-corrected chi connectivity index (χ1v) is 7.45. The molecule has 122 valence electrons. The molecule has 1 aromatic rings. The van der Waals surface area contributed by atoms with Crippen molar-refractivity contribution in [1.82, 2.24) is 10.2 Å². The standard InChI is InChI=1S/C16H19N3O4/c1-2-9-17-15(20)12-7-10-18(11-8-12)16(21)13-3-5-14(6-4-13)19(22)23/h2-6,12H,1,7-11H2,(H,17,20). The fourth-order valence-electron chi connectivity index (χ4n) is 2.57. The molecular weight excluding hydrogens is 298 g/mol. The maximum atomic E-state index is 12.4. The summed E-state index contributed by atoms with van der Waals surface area (Å²) in [5.74, 6) is -0.256. The van der Waals surface area contributed by atoms with Crippen LogP contribution < -0.4 is 5.32 Å². The lowest BCUT2D eigenvalue weighted by atomic mass is 9.95. The van der Waals surface area contributed by atoms with Crippen LogP contribution in [0.5, 0.6) is 0 Å². The van der Waals surface area contributed by atoms with Gasteiger partial charge >= 0.3 is 0 Å². The lowest BCUT2D eigenvalue weighted by molar-refractivity contribution is -0.384. The number of likely N-dealkylation sites (tertiary alicyclic amines) is 1. The zero-order chi connectivity index (χ0) is 16.8. The number of amides is 2. The Labute approximate surface area is 134 Å². The minimum atomic E-state index is -0.498. The van der Waals surface area contributed by atoms with Gasteiger partial charge in [-0.25, -0.2) is 0 Å². The Bertz CT molecular complexity index is 604. The summed E-state index contributed by atoms with van der Waals surface area (Å²) in [6.07, 6.45) is 2.86. The molecular formula is C16H19N3O4. The summed E-state index contributed by atoms with van der Waals surface area (Å²) in [7, 11) is 0. The summed E-state index contributed by atoms with van der Waals surface area (Å²) in [5, 5.41) is 13.4. The molecule has 0 atom stereocenters. The van der Waals surface area contributed by atoms with Gasteiger partial charge in [-0.3, -0.25) is 19.7 Å². The third-order valence-electron chi connectivity index (χ3n) is 3.90. The third kappa shape index (κ3) is 4.15. The largest absolute Gasteiger partial charge is 0.352 e. The molecule has 0 radical (unpaired) electrons. The van der Waals surface area contributed by atoms with E-state index in [2.05, 4.69) is 11.9 Å². The number of hydrogen-bond acceptors (Lipinski definition) is 4. The number of nitro benzene ring substituents is 1. The summed E-state index contributed by atoms with van der Waals surface area (Å²) in [6.45, 7) is 5.00. The number of carbonyl (C=O) groups excluding carboxylic acids is 2. The van der Waals surface area contributed by atoms with Crippen LogP contribution in [0.1, 0.15) is 23.2 Å². The van der Waals surface area contributed by atoms with E-state index in [1.54, 1.807) is 11.0 Å². The molecule has 0 saturated carbocycles. The van der Waals surface area contributed by atoms with Gasteiger partial charge in [0.25, 0.3) is 11.6 Å². The van der Waals surface area contributed by atoms with Crippen LogP contribution in [0.3, 0.4) is 0 Å².